The average molecular weight is 499 g/mol. The van der Waals surface area contributed by atoms with Crippen LogP contribution in [0.15, 0.2) is 4.99 Å². The molecule has 144 valence electrons. The number of guanidine groups is 1. The van der Waals surface area contributed by atoms with Gasteiger partial charge in [0.05, 0.1) is 6.54 Å². The standard InChI is InChI=1S/C16H30N6S2.HI/c1-6-13-19-15(24-20-13)22-10-8-21(9-11-22)14(17-7-2)18-12-16(3,4)23-5;/h6-12H2,1-5H3,(H,17,18);1H. The van der Waals surface area contributed by atoms with Gasteiger partial charge in [0.1, 0.15) is 5.82 Å². The number of thioether (sulfide) groups is 1. The van der Waals surface area contributed by atoms with Gasteiger partial charge in [-0.25, -0.2) is 4.98 Å². The zero-order chi connectivity index (χ0) is 17.6. The minimum atomic E-state index is 0. The lowest BCUT2D eigenvalue weighted by atomic mass is 10.2. The van der Waals surface area contributed by atoms with Crippen molar-refractivity contribution in [2.75, 3.05) is 50.4 Å². The van der Waals surface area contributed by atoms with E-state index >= 15 is 0 Å². The van der Waals surface area contributed by atoms with Crippen molar-refractivity contribution in [1.29, 1.82) is 0 Å². The zero-order valence-electron chi connectivity index (χ0n) is 15.9. The predicted octanol–water partition coefficient (Wildman–Crippen LogP) is 2.95. The van der Waals surface area contributed by atoms with Crippen molar-refractivity contribution >= 4 is 58.4 Å². The van der Waals surface area contributed by atoms with Gasteiger partial charge in [-0.05, 0) is 27.0 Å². The van der Waals surface area contributed by atoms with Crippen LogP contribution in [0, 0.1) is 0 Å². The average Bonchev–Trinajstić information content (AvgIpc) is 3.08. The SMILES string of the molecule is CCNC(=NCC(C)(C)SC)N1CCN(c2nc(CC)ns2)CC1.I. The van der Waals surface area contributed by atoms with Crippen LogP contribution in [-0.4, -0.2) is 70.5 Å². The monoisotopic (exact) mass is 498 g/mol. The summed E-state index contributed by atoms with van der Waals surface area (Å²) in [7, 11) is 0. The van der Waals surface area contributed by atoms with Crippen LogP contribution in [0.4, 0.5) is 5.13 Å². The first-order valence-electron chi connectivity index (χ1n) is 8.65. The molecule has 1 aliphatic heterocycles. The molecule has 0 aromatic carbocycles. The molecule has 0 saturated carbocycles. The molecule has 0 bridgehead atoms. The molecule has 0 unspecified atom stereocenters. The number of aromatic nitrogens is 2. The highest BCUT2D eigenvalue weighted by Gasteiger charge is 2.23. The van der Waals surface area contributed by atoms with E-state index in [-0.39, 0.29) is 28.7 Å². The maximum atomic E-state index is 4.86. The summed E-state index contributed by atoms with van der Waals surface area (Å²) in [6.45, 7) is 14.3. The van der Waals surface area contributed by atoms with Gasteiger partial charge in [-0.2, -0.15) is 16.1 Å². The van der Waals surface area contributed by atoms with E-state index in [9.17, 15) is 0 Å². The Morgan fingerprint density at radius 2 is 1.96 bits per heavy atom. The number of hydrogen-bond acceptors (Lipinski definition) is 6. The molecule has 0 radical (unpaired) electrons. The summed E-state index contributed by atoms with van der Waals surface area (Å²) in [5.41, 5.74) is 0. The first-order valence-corrected chi connectivity index (χ1v) is 10.6. The summed E-state index contributed by atoms with van der Waals surface area (Å²) < 4.78 is 4.57. The molecule has 1 aromatic heterocycles. The normalized spacial score (nSPS) is 16.0. The summed E-state index contributed by atoms with van der Waals surface area (Å²) in [6, 6.07) is 0. The number of aryl methyl sites for hydroxylation is 1. The summed E-state index contributed by atoms with van der Waals surface area (Å²) >= 11 is 3.38. The Bertz CT molecular complexity index is 540. The molecule has 1 aliphatic rings. The number of rotatable bonds is 6. The van der Waals surface area contributed by atoms with Crippen molar-refractivity contribution in [3.63, 3.8) is 0 Å². The van der Waals surface area contributed by atoms with Crippen molar-refractivity contribution in [2.24, 2.45) is 4.99 Å². The highest BCUT2D eigenvalue weighted by molar-refractivity contribution is 14.0. The molecule has 0 spiro atoms. The minimum absolute atomic E-state index is 0. The molecule has 0 atom stereocenters. The van der Waals surface area contributed by atoms with E-state index in [2.05, 4.69) is 58.4 Å². The highest BCUT2D eigenvalue weighted by Crippen LogP contribution is 2.22. The first-order chi connectivity index (χ1) is 11.5. The van der Waals surface area contributed by atoms with Gasteiger partial charge in [-0.1, -0.05) is 6.92 Å². The molecule has 2 heterocycles. The maximum Gasteiger partial charge on any atom is 0.205 e. The molecule has 9 heteroatoms. The van der Waals surface area contributed by atoms with Crippen molar-refractivity contribution in [3.05, 3.63) is 5.82 Å². The van der Waals surface area contributed by atoms with E-state index in [0.717, 1.165) is 62.6 Å². The molecule has 2 rings (SSSR count). The van der Waals surface area contributed by atoms with Gasteiger partial charge in [0.15, 0.2) is 5.96 Å². The molecule has 1 saturated heterocycles. The van der Waals surface area contributed by atoms with Crippen LogP contribution in [0.25, 0.3) is 0 Å². The highest BCUT2D eigenvalue weighted by atomic mass is 127. The van der Waals surface area contributed by atoms with Gasteiger partial charge in [0, 0.05) is 55.4 Å². The molecule has 0 aliphatic carbocycles. The van der Waals surface area contributed by atoms with Crippen molar-refractivity contribution in [1.82, 2.24) is 19.6 Å². The van der Waals surface area contributed by atoms with Crippen molar-refractivity contribution < 1.29 is 0 Å². The number of piperazine rings is 1. The van der Waals surface area contributed by atoms with Crippen LogP contribution in [0.1, 0.15) is 33.5 Å². The van der Waals surface area contributed by atoms with E-state index in [1.807, 2.05) is 11.8 Å². The van der Waals surface area contributed by atoms with Crippen molar-refractivity contribution in [2.45, 2.75) is 38.9 Å². The van der Waals surface area contributed by atoms with Gasteiger partial charge in [-0.15, -0.1) is 24.0 Å². The number of aliphatic imine (C=N–C) groups is 1. The van der Waals surface area contributed by atoms with E-state index in [1.165, 1.54) is 11.5 Å². The summed E-state index contributed by atoms with van der Waals surface area (Å²) in [5, 5.41) is 4.49. The van der Waals surface area contributed by atoms with Gasteiger partial charge >= 0.3 is 0 Å². The molecular weight excluding hydrogens is 467 g/mol. The lowest BCUT2D eigenvalue weighted by Gasteiger charge is -2.36. The quantitative estimate of drug-likeness (QED) is 0.370. The fourth-order valence-electron chi connectivity index (χ4n) is 2.38. The Hall–Kier alpha value is -0.290. The third-order valence-electron chi connectivity index (χ3n) is 4.12. The molecule has 0 amide bonds. The molecule has 6 nitrogen and oxygen atoms in total. The Labute approximate surface area is 177 Å². The fraction of sp³-hybridized carbons (Fsp3) is 0.812. The molecule has 1 aromatic rings. The number of halogens is 1. The fourth-order valence-corrected chi connectivity index (χ4v) is 3.38. The third kappa shape index (κ3) is 6.74. The van der Waals surface area contributed by atoms with Crippen LogP contribution < -0.4 is 10.2 Å². The van der Waals surface area contributed by atoms with Gasteiger partial charge in [0.25, 0.3) is 0 Å². The zero-order valence-corrected chi connectivity index (χ0v) is 19.9. The number of hydrogen-bond donors (Lipinski definition) is 1. The maximum absolute atomic E-state index is 4.86. The largest absolute Gasteiger partial charge is 0.357 e. The Morgan fingerprint density at radius 1 is 1.28 bits per heavy atom. The van der Waals surface area contributed by atoms with Crippen LogP contribution in [0.3, 0.4) is 0 Å². The molecule has 1 fully saturated rings. The second kappa shape index (κ2) is 10.8. The Morgan fingerprint density at radius 3 is 2.48 bits per heavy atom. The van der Waals surface area contributed by atoms with Crippen molar-refractivity contribution in [3.8, 4) is 0 Å². The number of nitrogens with one attached hydrogen (secondary N) is 1. The van der Waals surface area contributed by atoms with Gasteiger partial charge < -0.3 is 15.1 Å². The summed E-state index contributed by atoms with van der Waals surface area (Å²) in [6.07, 6.45) is 3.05. The van der Waals surface area contributed by atoms with E-state index in [0.29, 0.717) is 0 Å². The Balaban J connectivity index is 0.00000312. The topological polar surface area (TPSA) is 56.7 Å². The minimum Gasteiger partial charge on any atom is -0.357 e. The summed E-state index contributed by atoms with van der Waals surface area (Å²) in [5.74, 6) is 1.98. The smallest absolute Gasteiger partial charge is 0.205 e. The van der Waals surface area contributed by atoms with Crippen LogP contribution in [-0.2, 0) is 6.42 Å². The molecule has 25 heavy (non-hydrogen) atoms. The molecule has 1 N–H and O–H groups in total. The lowest BCUT2D eigenvalue weighted by molar-refractivity contribution is 0.372. The molecular formula is C16H31IN6S2. The Kier molecular flexibility index (Phi) is 9.79. The van der Waals surface area contributed by atoms with E-state index in [1.54, 1.807) is 0 Å². The number of nitrogens with zero attached hydrogens (tertiary/aromatic N) is 5. The first kappa shape index (κ1) is 22.8. The van der Waals surface area contributed by atoms with E-state index in [4.69, 9.17) is 4.99 Å². The second-order valence-corrected chi connectivity index (χ2v) is 8.70. The third-order valence-corrected chi connectivity index (χ3v) is 6.17. The van der Waals surface area contributed by atoms with Gasteiger partial charge in [0.2, 0.25) is 5.13 Å². The van der Waals surface area contributed by atoms with Gasteiger partial charge in [-0.3, -0.25) is 4.99 Å². The predicted molar refractivity (Wildman–Crippen MR) is 122 cm³/mol. The van der Waals surface area contributed by atoms with Crippen LogP contribution in [0.5, 0.6) is 0 Å². The second-order valence-electron chi connectivity index (χ2n) is 6.45. The van der Waals surface area contributed by atoms with E-state index < -0.39 is 0 Å². The van der Waals surface area contributed by atoms with Crippen LogP contribution in [0.2, 0.25) is 0 Å². The van der Waals surface area contributed by atoms with Crippen LogP contribution >= 0.6 is 47.3 Å². The number of anilines is 1. The summed E-state index contributed by atoms with van der Waals surface area (Å²) in [4.78, 5) is 14.2. The lowest BCUT2D eigenvalue weighted by Crippen LogP contribution is -2.52.